The highest BCUT2D eigenvalue weighted by atomic mass is 79.9. The summed E-state index contributed by atoms with van der Waals surface area (Å²) >= 11 is 5.42. The highest BCUT2D eigenvalue weighted by Crippen LogP contribution is 2.25. The molecule has 0 aliphatic heterocycles. The van der Waals surface area contributed by atoms with Crippen LogP contribution < -0.4 is 5.32 Å². The molecule has 1 N–H and O–H groups in total. The first-order valence-electron chi connectivity index (χ1n) is 6.47. The Bertz CT molecular complexity index is 1000. The van der Waals surface area contributed by atoms with Crippen molar-refractivity contribution in [1.82, 2.24) is 18.0 Å². The third kappa shape index (κ3) is 3.47. The first kappa shape index (κ1) is 17.4. The number of benzene rings is 1. The van der Waals surface area contributed by atoms with E-state index in [0.717, 1.165) is 19.8 Å². The Morgan fingerprint density at radius 3 is 2.88 bits per heavy atom. The second kappa shape index (κ2) is 6.80. The summed E-state index contributed by atoms with van der Waals surface area (Å²) in [4.78, 5) is 16.0. The molecular weight excluding hydrogens is 438 g/mol. The van der Waals surface area contributed by atoms with Crippen LogP contribution in [0.25, 0.3) is 11.0 Å². The lowest BCUT2D eigenvalue weighted by atomic mass is 10.3. The summed E-state index contributed by atoms with van der Waals surface area (Å²) in [6.45, 7) is -0.340. The minimum Gasteiger partial charge on any atom is -0.301 e. The molecule has 0 aliphatic carbocycles. The van der Waals surface area contributed by atoms with Crippen LogP contribution in [-0.4, -0.2) is 46.0 Å². The average Bonchev–Trinajstić information content (AvgIpc) is 3.15. The number of nitrogens with zero attached hydrogens (tertiary/aromatic N) is 4. The molecule has 2 heterocycles. The molecule has 2 aromatic heterocycles. The number of hydrogen-bond acceptors (Lipinski definition) is 8. The fourth-order valence-electron chi connectivity index (χ4n) is 1.92. The van der Waals surface area contributed by atoms with Gasteiger partial charge in [0, 0.05) is 7.05 Å². The molecule has 0 unspecified atom stereocenters. The maximum Gasteiger partial charge on any atom is 0.245 e. The molecule has 1 aromatic carbocycles. The van der Waals surface area contributed by atoms with E-state index in [4.69, 9.17) is 0 Å². The molecule has 0 fully saturated rings. The zero-order valence-corrected chi connectivity index (χ0v) is 16.2. The lowest BCUT2D eigenvalue weighted by molar-refractivity contribution is -0.116. The molecule has 24 heavy (non-hydrogen) atoms. The number of likely N-dealkylation sites (N-methyl/N-ethyl adjacent to an activating group) is 1. The van der Waals surface area contributed by atoms with E-state index in [-0.39, 0.29) is 11.4 Å². The number of fused-ring (bicyclic) bond motifs is 1. The Hall–Kier alpha value is -1.47. The lowest BCUT2D eigenvalue weighted by Gasteiger charge is -2.16. The number of sulfonamides is 1. The zero-order valence-electron chi connectivity index (χ0n) is 12.1. The van der Waals surface area contributed by atoms with Crippen molar-refractivity contribution in [2.45, 2.75) is 4.90 Å². The van der Waals surface area contributed by atoms with E-state index in [1.165, 1.54) is 24.5 Å². The molecule has 126 valence electrons. The van der Waals surface area contributed by atoms with E-state index in [9.17, 15) is 13.2 Å². The minimum atomic E-state index is -3.87. The Labute approximate surface area is 154 Å². The number of hydrogen-bond donors (Lipinski definition) is 1. The molecule has 0 atom stereocenters. The van der Waals surface area contributed by atoms with Crippen molar-refractivity contribution in [1.29, 1.82) is 0 Å². The van der Waals surface area contributed by atoms with E-state index in [1.54, 1.807) is 18.3 Å². The molecule has 0 bridgehead atoms. The fraction of sp³-hybridized carbons (Fsp3) is 0.167. The van der Waals surface area contributed by atoms with Gasteiger partial charge in [0.2, 0.25) is 15.9 Å². The normalized spacial score (nSPS) is 12.0. The third-order valence-electron chi connectivity index (χ3n) is 3.03. The van der Waals surface area contributed by atoms with E-state index in [0.29, 0.717) is 16.2 Å². The lowest BCUT2D eigenvalue weighted by Crippen LogP contribution is -2.35. The second-order valence-corrected chi connectivity index (χ2v) is 9.62. The Morgan fingerprint density at radius 2 is 2.17 bits per heavy atom. The van der Waals surface area contributed by atoms with Crippen LogP contribution in [0, 0.1) is 0 Å². The number of aromatic nitrogens is 3. The zero-order chi connectivity index (χ0) is 17.3. The van der Waals surface area contributed by atoms with Gasteiger partial charge < -0.3 is 5.32 Å². The quantitative estimate of drug-likeness (QED) is 0.642. The number of anilines is 1. The van der Waals surface area contributed by atoms with Crippen molar-refractivity contribution >= 4 is 71.1 Å². The Kier molecular flexibility index (Phi) is 4.92. The molecular formula is C12H10BrN5O3S3. The standard InChI is InChI=1S/C12H10BrN5O3S3/c1-18(6-10(19)15-12-14-5-9(13)22-12)24(20,21)8-4-2-3-7-11(8)17-23-16-7/h2-5H,6H2,1H3,(H,14,15,19). The van der Waals surface area contributed by atoms with Crippen LogP contribution in [-0.2, 0) is 14.8 Å². The van der Waals surface area contributed by atoms with Crippen LogP contribution in [0.15, 0.2) is 33.1 Å². The molecule has 0 spiro atoms. The fourth-order valence-corrected chi connectivity index (χ4v) is 4.91. The molecule has 0 radical (unpaired) electrons. The summed E-state index contributed by atoms with van der Waals surface area (Å²) in [7, 11) is -2.53. The van der Waals surface area contributed by atoms with Crippen LogP contribution in [0.5, 0.6) is 0 Å². The third-order valence-corrected chi connectivity index (χ3v) is 6.80. The number of rotatable bonds is 5. The topological polar surface area (TPSA) is 105 Å². The van der Waals surface area contributed by atoms with Crippen molar-refractivity contribution in [3.63, 3.8) is 0 Å². The van der Waals surface area contributed by atoms with Gasteiger partial charge in [0.25, 0.3) is 0 Å². The van der Waals surface area contributed by atoms with Gasteiger partial charge in [-0.1, -0.05) is 17.4 Å². The van der Waals surface area contributed by atoms with Crippen LogP contribution in [0.1, 0.15) is 0 Å². The van der Waals surface area contributed by atoms with Gasteiger partial charge in [-0.25, -0.2) is 13.4 Å². The van der Waals surface area contributed by atoms with Crippen molar-refractivity contribution in [3.05, 3.63) is 28.2 Å². The van der Waals surface area contributed by atoms with Crippen LogP contribution in [0.3, 0.4) is 0 Å². The predicted molar refractivity (Wildman–Crippen MR) is 95.7 cm³/mol. The van der Waals surface area contributed by atoms with Gasteiger partial charge in [0.15, 0.2) is 5.13 Å². The van der Waals surface area contributed by atoms with Gasteiger partial charge in [0.1, 0.15) is 15.9 Å². The van der Waals surface area contributed by atoms with E-state index in [2.05, 4.69) is 35.0 Å². The summed E-state index contributed by atoms with van der Waals surface area (Å²) in [5, 5.41) is 2.95. The predicted octanol–water partition coefficient (Wildman–Crippen LogP) is 2.17. The van der Waals surface area contributed by atoms with Gasteiger partial charge in [0.05, 0.1) is 28.3 Å². The minimum absolute atomic E-state index is 0.0287. The van der Waals surface area contributed by atoms with Gasteiger partial charge in [-0.3, -0.25) is 4.79 Å². The first-order chi connectivity index (χ1) is 11.4. The molecule has 3 rings (SSSR count). The SMILES string of the molecule is CN(CC(=O)Nc1ncc(Br)s1)S(=O)(=O)c1cccc2nsnc12. The largest absolute Gasteiger partial charge is 0.301 e. The number of thiazole rings is 1. The van der Waals surface area contributed by atoms with E-state index < -0.39 is 15.9 Å². The summed E-state index contributed by atoms with van der Waals surface area (Å²) in [6, 6.07) is 4.73. The summed E-state index contributed by atoms with van der Waals surface area (Å²) < 4.78 is 35.2. The molecule has 0 aliphatic rings. The van der Waals surface area contributed by atoms with Crippen molar-refractivity contribution in [3.8, 4) is 0 Å². The highest BCUT2D eigenvalue weighted by Gasteiger charge is 2.26. The molecule has 1 amide bonds. The summed E-state index contributed by atoms with van der Waals surface area (Å²) in [6.07, 6.45) is 1.55. The van der Waals surface area contributed by atoms with Crippen molar-refractivity contribution in [2.75, 3.05) is 18.9 Å². The van der Waals surface area contributed by atoms with Crippen molar-refractivity contribution < 1.29 is 13.2 Å². The first-order valence-corrected chi connectivity index (χ1v) is 10.2. The van der Waals surface area contributed by atoms with Gasteiger partial charge in [-0.05, 0) is 28.1 Å². The van der Waals surface area contributed by atoms with E-state index >= 15 is 0 Å². The number of carbonyl (C=O) groups is 1. The number of amides is 1. The van der Waals surface area contributed by atoms with E-state index in [1.807, 2.05) is 0 Å². The van der Waals surface area contributed by atoms with Gasteiger partial charge >= 0.3 is 0 Å². The molecule has 12 heteroatoms. The number of halogens is 1. The Balaban J connectivity index is 1.79. The second-order valence-electron chi connectivity index (χ2n) is 4.67. The summed E-state index contributed by atoms with van der Waals surface area (Å²) in [5.41, 5.74) is 0.810. The molecule has 8 nitrogen and oxygen atoms in total. The molecule has 0 saturated carbocycles. The van der Waals surface area contributed by atoms with Crippen molar-refractivity contribution in [2.24, 2.45) is 0 Å². The van der Waals surface area contributed by atoms with Gasteiger partial charge in [-0.2, -0.15) is 13.1 Å². The molecule has 0 saturated heterocycles. The smallest absolute Gasteiger partial charge is 0.245 e. The Morgan fingerprint density at radius 1 is 1.38 bits per heavy atom. The average molecular weight is 448 g/mol. The van der Waals surface area contributed by atoms with Crippen LogP contribution >= 0.6 is 39.0 Å². The van der Waals surface area contributed by atoms with Crippen LogP contribution in [0.4, 0.5) is 5.13 Å². The van der Waals surface area contributed by atoms with Gasteiger partial charge in [-0.15, -0.1) is 0 Å². The summed E-state index contributed by atoms with van der Waals surface area (Å²) in [5.74, 6) is -0.480. The number of carbonyl (C=O) groups excluding carboxylic acids is 1. The maximum atomic E-state index is 12.7. The monoisotopic (exact) mass is 447 g/mol. The maximum absolute atomic E-state index is 12.7. The number of nitrogens with one attached hydrogen (secondary N) is 1. The highest BCUT2D eigenvalue weighted by molar-refractivity contribution is 9.11. The molecule has 3 aromatic rings. The van der Waals surface area contributed by atoms with Crippen LogP contribution in [0.2, 0.25) is 0 Å².